The van der Waals surface area contributed by atoms with E-state index in [0.29, 0.717) is 26.0 Å². The van der Waals surface area contributed by atoms with Gasteiger partial charge in [0.05, 0.1) is 30.3 Å². The number of ether oxygens (including phenoxy) is 2. The van der Waals surface area contributed by atoms with Crippen LogP contribution in [-0.2, 0) is 14.3 Å². The first-order valence-electron chi connectivity index (χ1n) is 9.91. The molecule has 2 heterocycles. The summed E-state index contributed by atoms with van der Waals surface area (Å²) in [6.45, 7) is 2.52. The minimum absolute atomic E-state index is 0.0239. The molecule has 0 saturated heterocycles. The highest BCUT2D eigenvalue weighted by Crippen LogP contribution is 2.34. The zero-order chi connectivity index (χ0) is 21.5. The van der Waals surface area contributed by atoms with Gasteiger partial charge >= 0.3 is 0 Å². The Hall–Kier alpha value is -2.71. The number of nitrogens with zero attached hydrogens (tertiary/aromatic N) is 3. The topological polar surface area (TPSA) is 71.4 Å². The fraction of sp³-hybridized carbons (Fsp3) is 0.409. The van der Waals surface area contributed by atoms with E-state index in [1.165, 1.54) is 9.91 Å². The van der Waals surface area contributed by atoms with Crippen LogP contribution in [0.3, 0.4) is 0 Å². The van der Waals surface area contributed by atoms with E-state index < -0.39 is 0 Å². The molecule has 3 rings (SSSR count). The number of carbonyl (C=O) groups excluding carboxylic acids is 2. The zero-order valence-electron chi connectivity index (χ0n) is 17.5. The number of rotatable bonds is 9. The van der Waals surface area contributed by atoms with E-state index in [2.05, 4.69) is 5.10 Å². The lowest BCUT2D eigenvalue weighted by molar-refractivity contribution is -0.141. The van der Waals surface area contributed by atoms with Crippen molar-refractivity contribution in [2.75, 3.05) is 33.9 Å². The highest BCUT2D eigenvalue weighted by molar-refractivity contribution is 7.12. The van der Waals surface area contributed by atoms with Crippen molar-refractivity contribution < 1.29 is 19.1 Å². The fourth-order valence-corrected chi connectivity index (χ4v) is 4.09. The Labute approximate surface area is 180 Å². The molecular formula is C22H27N3O4S. The third-order valence-corrected chi connectivity index (χ3v) is 5.94. The number of amides is 2. The standard InChI is InChI=1S/C22H27N3O4S/c1-4-21(26)24(11-12-28-2)15-22(27)25-19(16-7-9-17(29-3)10-8-16)14-18(23-25)20-6-5-13-30-20/h5-10,13,19H,4,11-12,14-15H2,1-3H3/t19-/m1/s1. The predicted molar refractivity (Wildman–Crippen MR) is 117 cm³/mol. The van der Waals surface area contributed by atoms with Crippen LogP contribution in [0, 0.1) is 0 Å². The largest absolute Gasteiger partial charge is 0.497 e. The molecule has 1 atom stereocenters. The molecule has 1 aliphatic heterocycles. The molecule has 1 aromatic carbocycles. The number of methoxy groups -OCH3 is 2. The van der Waals surface area contributed by atoms with Gasteiger partial charge in [-0.1, -0.05) is 25.1 Å². The Morgan fingerprint density at radius 2 is 2.00 bits per heavy atom. The van der Waals surface area contributed by atoms with Crippen LogP contribution in [0.1, 0.15) is 36.2 Å². The lowest BCUT2D eigenvalue weighted by atomic mass is 10.0. The smallest absolute Gasteiger partial charge is 0.262 e. The molecule has 0 fully saturated rings. The van der Waals surface area contributed by atoms with Gasteiger partial charge in [0.1, 0.15) is 12.3 Å². The Morgan fingerprint density at radius 1 is 1.23 bits per heavy atom. The Kier molecular flexibility index (Phi) is 7.59. The van der Waals surface area contributed by atoms with Crippen LogP contribution < -0.4 is 4.74 Å². The van der Waals surface area contributed by atoms with E-state index in [0.717, 1.165) is 21.9 Å². The number of hydrogen-bond donors (Lipinski definition) is 0. The molecule has 0 bridgehead atoms. The van der Waals surface area contributed by atoms with Crippen LogP contribution in [0.2, 0.25) is 0 Å². The molecule has 160 valence electrons. The van der Waals surface area contributed by atoms with E-state index in [1.807, 2.05) is 41.8 Å². The Morgan fingerprint density at radius 3 is 2.60 bits per heavy atom. The number of thiophene rings is 1. The maximum atomic E-state index is 13.2. The summed E-state index contributed by atoms with van der Waals surface area (Å²) in [5.41, 5.74) is 1.86. The molecule has 0 spiro atoms. The third-order valence-electron chi connectivity index (χ3n) is 5.02. The zero-order valence-corrected chi connectivity index (χ0v) is 18.4. The Bertz CT molecular complexity index is 880. The number of carbonyl (C=O) groups is 2. The lowest BCUT2D eigenvalue weighted by Gasteiger charge is -2.26. The van der Waals surface area contributed by atoms with Crippen LogP contribution in [-0.4, -0.2) is 61.4 Å². The molecule has 7 nitrogen and oxygen atoms in total. The van der Waals surface area contributed by atoms with Gasteiger partial charge in [0, 0.05) is 26.5 Å². The van der Waals surface area contributed by atoms with Gasteiger partial charge in [-0.3, -0.25) is 9.59 Å². The monoisotopic (exact) mass is 429 g/mol. The maximum absolute atomic E-state index is 13.2. The molecule has 1 aromatic heterocycles. The van der Waals surface area contributed by atoms with Gasteiger partial charge in [-0.05, 0) is 29.1 Å². The molecular weight excluding hydrogens is 402 g/mol. The minimum atomic E-state index is -0.221. The van der Waals surface area contributed by atoms with Gasteiger partial charge in [-0.2, -0.15) is 5.10 Å². The van der Waals surface area contributed by atoms with Crippen molar-refractivity contribution in [3.05, 3.63) is 52.2 Å². The summed E-state index contributed by atoms with van der Waals surface area (Å²) in [7, 11) is 3.20. The molecule has 2 amide bonds. The molecule has 0 N–H and O–H groups in total. The van der Waals surface area contributed by atoms with Crippen LogP contribution in [0.25, 0.3) is 0 Å². The van der Waals surface area contributed by atoms with Crippen LogP contribution >= 0.6 is 11.3 Å². The SMILES string of the molecule is CCC(=O)N(CCOC)CC(=O)N1N=C(c2cccs2)C[C@@H]1c1ccc(OC)cc1. The van der Waals surface area contributed by atoms with Crippen molar-refractivity contribution >= 4 is 28.9 Å². The van der Waals surface area contributed by atoms with Crippen LogP contribution in [0.5, 0.6) is 5.75 Å². The number of benzene rings is 1. The normalized spacial score (nSPS) is 15.8. The summed E-state index contributed by atoms with van der Waals surface area (Å²) >= 11 is 1.60. The first-order chi connectivity index (χ1) is 14.6. The minimum Gasteiger partial charge on any atom is -0.497 e. The van der Waals surface area contributed by atoms with E-state index in [-0.39, 0.29) is 24.4 Å². The van der Waals surface area contributed by atoms with Crippen molar-refractivity contribution in [3.8, 4) is 5.75 Å². The van der Waals surface area contributed by atoms with Gasteiger partial charge in [0.15, 0.2) is 0 Å². The van der Waals surface area contributed by atoms with Gasteiger partial charge in [0.25, 0.3) is 5.91 Å². The summed E-state index contributed by atoms with van der Waals surface area (Å²) < 4.78 is 10.3. The van der Waals surface area contributed by atoms with E-state index in [4.69, 9.17) is 9.47 Å². The summed E-state index contributed by atoms with van der Waals surface area (Å²) in [5, 5.41) is 8.18. The third kappa shape index (κ3) is 5.06. The lowest BCUT2D eigenvalue weighted by Crippen LogP contribution is -2.42. The molecule has 2 aromatic rings. The van der Waals surface area contributed by atoms with Crippen molar-refractivity contribution in [1.29, 1.82) is 0 Å². The average Bonchev–Trinajstić information content (AvgIpc) is 3.46. The average molecular weight is 430 g/mol. The van der Waals surface area contributed by atoms with E-state index in [1.54, 1.807) is 32.5 Å². The van der Waals surface area contributed by atoms with Gasteiger partial charge in [-0.25, -0.2) is 5.01 Å². The summed E-state index contributed by atoms with van der Waals surface area (Å²) in [4.78, 5) is 28.1. The van der Waals surface area contributed by atoms with Crippen LogP contribution in [0.4, 0.5) is 0 Å². The van der Waals surface area contributed by atoms with Crippen molar-refractivity contribution in [3.63, 3.8) is 0 Å². The molecule has 30 heavy (non-hydrogen) atoms. The van der Waals surface area contributed by atoms with Gasteiger partial charge < -0.3 is 14.4 Å². The molecule has 0 radical (unpaired) electrons. The van der Waals surface area contributed by atoms with E-state index >= 15 is 0 Å². The molecule has 8 heteroatoms. The second-order valence-corrected chi connectivity index (χ2v) is 7.86. The quantitative estimate of drug-likeness (QED) is 0.613. The fourth-order valence-electron chi connectivity index (χ4n) is 3.37. The van der Waals surface area contributed by atoms with Gasteiger partial charge in [0.2, 0.25) is 5.91 Å². The summed E-state index contributed by atoms with van der Waals surface area (Å²) in [6, 6.07) is 11.4. The molecule has 0 saturated carbocycles. The number of hydrogen-bond acceptors (Lipinski definition) is 6. The second kappa shape index (κ2) is 10.4. The number of hydrazone groups is 1. The summed E-state index contributed by atoms with van der Waals surface area (Å²) in [5.74, 6) is 0.469. The summed E-state index contributed by atoms with van der Waals surface area (Å²) in [6.07, 6.45) is 0.959. The first-order valence-corrected chi connectivity index (χ1v) is 10.8. The van der Waals surface area contributed by atoms with Gasteiger partial charge in [-0.15, -0.1) is 11.3 Å². The highest BCUT2D eigenvalue weighted by atomic mass is 32.1. The van der Waals surface area contributed by atoms with Crippen LogP contribution in [0.15, 0.2) is 46.9 Å². The predicted octanol–water partition coefficient (Wildman–Crippen LogP) is 3.32. The Balaban J connectivity index is 1.85. The van der Waals surface area contributed by atoms with Crippen molar-refractivity contribution in [2.24, 2.45) is 5.10 Å². The highest BCUT2D eigenvalue weighted by Gasteiger charge is 2.34. The first kappa shape index (κ1) is 22.0. The molecule has 0 unspecified atom stereocenters. The maximum Gasteiger partial charge on any atom is 0.262 e. The van der Waals surface area contributed by atoms with Crippen molar-refractivity contribution in [1.82, 2.24) is 9.91 Å². The molecule has 0 aliphatic carbocycles. The second-order valence-electron chi connectivity index (χ2n) is 6.92. The molecule has 1 aliphatic rings. The van der Waals surface area contributed by atoms with E-state index in [9.17, 15) is 9.59 Å². The van der Waals surface area contributed by atoms with Crippen molar-refractivity contribution in [2.45, 2.75) is 25.8 Å².